The van der Waals surface area contributed by atoms with Gasteiger partial charge in [-0.3, -0.25) is 4.79 Å². The van der Waals surface area contributed by atoms with Gasteiger partial charge in [0, 0.05) is 18.1 Å². The van der Waals surface area contributed by atoms with E-state index in [-0.39, 0.29) is 12.5 Å². The van der Waals surface area contributed by atoms with Crippen LogP contribution in [0.2, 0.25) is 5.02 Å². The fourth-order valence-corrected chi connectivity index (χ4v) is 3.31. The molecule has 0 bridgehead atoms. The predicted molar refractivity (Wildman–Crippen MR) is 95.9 cm³/mol. The lowest BCUT2D eigenvalue weighted by molar-refractivity contribution is -0.132. The highest BCUT2D eigenvalue weighted by atomic mass is 35.5. The van der Waals surface area contributed by atoms with Crippen molar-refractivity contribution >= 4 is 17.5 Å². The van der Waals surface area contributed by atoms with Crippen molar-refractivity contribution in [1.82, 2.24) is 19.7 Å². The Bertz CT molecular complexity index is 950. The molecule has 25 heavy (non-hydrogen) atoms. The second-order valence-electron chi connectivity index (χ2n) is 6.23. The highest BCUT2D eigenvalue weighted by Gasteiger charge is 2.24. The van der Waals surface area contributed by atoms with Crippen LogP contribution in [0.3, 0.4) is 0 Å². The summed E-state index contributed by atoms with van der Waals surface area (Å²) in [4.78, 5) is 18.4. The summed E-state index contributed by atoms with van der Waals surface area (Å²) < 4.78 is 1.58. The summed E-state index contributed by atoms with van der Waals surface area (Å²) >= 11 is 6.09. The van der Waals surface area contributed by atoms with E-state index < -0.39 is 0 Å². The topological polar surface area (TPSA) is 51.0 Å². The number of fused-ring (bicyclic) bond motifs is 1. The van der Waals surface area contributed by atoms with Crippen molar-refractivity contribution in [1.29, 1.82) is 0 Å². The zero-order valence-corrected chi connectivity index (χ0v) is 14.6. The average Bonchev–Trinajstić information content (AvgIpc) is 3.20. The van der Waals surface area contributed by atoms with Gasteiger partial charge in [0.25, 0.3) is 0 Å². The molecule has 0 saturated heterocycles. The number of hydrogen-bond donors (Lipinski definition) is 0. The van der Waals surface area contributed by atoms with Crippen LogP contribution in [-0.2, 0) is 24.4 Å². The molecule has 3 aromatic rings. The van der Waals surface area contributed by atoms with E-state index in [9.17, 15) is 4.79 Å². The summed E-state index contributed by atoms with van der Waals surface area (Å²) in [5.41, 5.74) is 4.56. The minimum Gasteiger partial charge on any atom is -0.332 e. The Morgan fingerprint density at radius 1 is 1.12 bits per heavy atom. The molecule has 0 unspecified atom stereocenters. The number of halogens is 1. The van der Waals surface area contributed by atoms with E-state index in [0.29, 0.717) is 18.9 Å². The molecule has 0 aliphatic carbocycles. The van der Waals surface area contributed by atoms with Crippen LogP contribution in [0, 0.1) is 6.92 Å². The molecule has 0 radical (unpaired) electrons. The van der Waals surface area contributed by atoms with Crippen LogP contribution < -0.4 is 0 Å². The van der Waals surface area contributed by atoms with Crippen LogP contribution >= 0.6 is 11.6 Å². The fourth-order valence-electron chi connectivity index (χ4n) is 3.12. The molecule has 0 fully saturated rings. The Balaban J connectivity index is 1.51. The van der Waals surface area contributed by atoms with E-state index in [4.69, 9.17) is 11.6 Å². The van der Waals surface area contributed by atoms with Gasteiger partial charge in [0.15, 0.2) is 0 Å². The van der Waals surface area contributed by atoms with E-state index in [2.05, 4.69) is 28.3 Å². The lowest BCUT2D eigenvalue weighted by Gasteiger charge is -2.14. The van der Waals surface area contributed by atoms with E-state index in [1.54, 1.807) is 11.0 Å². The first kappa shape index (κ1) is 15.8. The Hall–Kier alpha value is -2.66. The van der Waals surface area contributed by atoms with Crippen molar-refractivity contribution in [2.24, 2.45) is 0 Å². The molecule has 0 N–H and O–H groups in total. The minimum atomic E-state index is 0.0467. The summed E-state index contributed by atoms with van der Waals surface area (Å²) in [5.74, 6) is 0.717. The predicted octanol–water partition coefficient (Wildman–Crippen LogP) is 3.45. The standard InChI is InChI=1S/C19H17ClN4O/c1-13-21-12-24(22-13)11-19(25)23-9-16-6-5-15(7-17(16)10-23)14-3-2-4-18(20)8-14/h2-8,12H,9-11H2,1H3. The Kier molecular flexibility index (Phi) is 4.01. The molecule has 2 aromatic carbocycles. The largest absolute Gasteiger partial charge is 0.332 e. The molecular weight excluding hydrogens is 336 g/mol. The maximum absolute atomic E-state index is 12.5. The van der Waals surface area contributed by atoms with Gasteiger partial charge in [0.05, 0.1) is 0 Å². The molecule has 0 atom stereocenters. The summed E-state index contributed by atoms with van der Waals surface area (Å²) in [6, 6.07) is 14.1. The van der Waals surface area contributed by atoms with Gasteiger partial charge < -0.3 is 4.90 Å². The maximum Gasteiger partial charge on any atom is 0.244 e. The van der Waals surface area contributed by atoms with Gasteiger partial charge in [-0.25, -0.2) is 9.67 Å². The lowest BCUT2D eigenvalue weighted by atomic mass is 10.0. The molecule has 0 saturated carbocycles. The number of nitrogens with zero attached hydrogens (tertiary/aromatic N) is 4. The van der Waals surface area contributed by atoms with Crippen LogP contribution in [0.25, 0.3) is 11.1 Å². The normalized spacial score (nSPS) is 13.1. The van der Waals surface area contributed by atoms with Crippen LogP contribution in [0.15, 0.2) is 48.8 Å². The number of aromatic nitrogens is 3. The van der Waals surface area contributed by atoms with E-state index in [0.717, 1.165) is 16.1 Å². The first-order valence-corrected chi connectivity index (χ1v) is 8.48. The monoisotopic (exact) mass is 352 g/mol. The van der Waals surface area contributed by atoms with E-state index in [1.807, 2.05) is 36.1 Å². The third-order valence-electron chi connectivity index (χ3n) is 4.39. The second-order valence-corrected chi connectivity index (χ2v) is 6.67. The van der Waals surface area contributed by atoms with Gasteiger partial charge in [-0.2, -0.15) is 5.10 Å². The maximum atomic E-state index is 12.5. The van der Waals surface area contributed by atoms with Gasteiger partial charge in [0.1, 0.15) is 18.7 Å². The molecule has 2 heterocycles. The molecule has 1 aromatic heterocycles. The van der Waals surface area contributed by atoms with Crippen molar-refractivity contribution in [2.45, 2.75) is 26.6 Å². The third kappa shape index (κ3) is 3.28. The number of amides is 1. The number of hydrogen-bond acceptors (Lipinski definition) is 3. The number of carbonyl (C=O) groups is 1. The molecular formula is C19H17ClN4O. The number of aryl methyl sites for hydroxylation is 1. The number of benzene rings is 2. The van der Waals surface area contributed by atoms with Crippen molar-refractivity contribution in [3.63, 3.8) is 0 Å². The fraction of sp³-hybridized carbons (Fsp3) is 0.211. The first-order chi connectivity index (χ1) is 12.1. The smallest absolute Gasteiger partial charge is 0.244 e. The van der Waals surface area contributed by atoms with Crippen molar-refractivity contribution in [3.8, 4) is 11.1 Å². The van der Waals surface area contributed by atoms with Crippen molar-refractivity contribution in [2.75, 3.05) is 0 Å². The van der Waals surface area contributed by atoms with Gasteiger partial charge in [0.2, 0.25) is 5.91 Å². The number of rotatable bonds is 3. The van der Waals surface area contributed by atoms with Gasteiger partial charge >= 0.3 is 0 Å². The van der Waals surface area contributed by atoms with Crippen LogP contribution in [0.4, 0.5) is 0 Å². The molecule has 4 rings (SSSR count). The van der Waals surface area contributed by atoms with Gasteiger partial charge in [-0.15, -0.1) is 0 Å². The minimum absolute atomic E-state index is 0.0467. The Morgan fingerprint density at radius 3 is 2.68 bits per heavy atom. The molecule has 6 heteroatoms. The summed E-state index contributed by atoms with van der Waals surface area (Å²) in [7, 11) is 0. The Morgan fingerprint density at radius 2 is 1.92 bits per heavy atom. The highest BCUT2D eigenvalue weighted by Crippen LogP contribution is 2.29. The van der Waals surface area contributed by atoms with Crippen LogP contribution in [0.1, 0.15) is 17.0 Å². The van der Waals surface area contributed by atoms with E-state index >= 15 is 0 Å². The average molecular weight is 353 g/mol. The first-order valence-electron chi connectivity index (χ1n) is 8.10. The Labute approximate surface area is 150 Å². The molecule has 5 nitrogen and oxygen atoms in total. The number of carbonyl (C=O) groups excluding carboxylic acids is 1. The second kappa shape index (κ2) is 6.33. The lowest BCUT2D eigenvalue weighted by Crippen LogP contribution is -2.29. The SMILES string of the molecule is Cc1ncn(CC(=O)N2Cc3ccc(-c4cccc(Cl)c4)cc3C2)n1. The molecule has 126 valence electrons. The zero-order chi connectivity index (χ0) is 17.4. The van der Waals surface area contributed by atoms with Crippen molar-refractivity contribution in [3.05, 3.63) is 70.8 Å². The molecule has 1 aliphatic rings. The molecule has 1 amide bonds. The molecule has 0 spiro atoms. The van der Waals surface area contributed by atoms with Gasteiger partial charge in [-0.05, 0) is 47.4 Å². The third-order valence-corrected chi connectivity index (χ3v) is 4.62. The van der Waals surface area contributed by atoms with Crippen LogP contribution in [0.5, 0.6) is 0 Å². The molecule has 1 aliphatic heterocycles. The van der Waals surface area contributed by atoms with E-state index in [1.165, 1.54) is 11.1 Å². The zero-order valence-electron chi connectivity index (χ0n) is 13.8. The van der Waals surface area contributed by atoms with Crippen molar-refractivity contribution < 1.29 is 4.79 Å². The summed E-state index contributed by atoms with van der Waals surface area (Å²) in [6.45, 7) is 3.29. The summed E-state index contributed by atoms with van der Waals surface area (Å²) in [5, 5.41) is 4.90. The quantitative estimate of drug-likeness (QED) is 0.725. The summed E-state index contributed by atoms with van der Waals surface area (Å²) in [6.07, 6.45) is 1.59. The van der Waals surface area contributed by atoms with Crippen LogP contribution in [-0.4, -0.2) is 25.6 Å². The highest BCUT2D eigenvalue weighted by molar-refractivity contribution is 6.30. The van der Waals surface area contributed by atoms with Gasteiger partial charge in [-0.1, -0.05) is 35.9 Å².